The number of nitrogens with zero attached hydrogens (tertiary/aromatic N) is 2. The first-order valence-electron chi connectivity index (χ1n) is 6.74. The zero-order chi connectivity index (χ0) is 14.9. The van der Waals surface area contributed by atoms with E-state index in [1.54, 1.807) is 20.1 Å². The van der Waals surface area contributed by atoms with Crippen molar-refractivity contribution >= 4 is 5.78 Å². The summed E-state index contributed by atoms with van der Waals surface area (Å²) in [6, 6.07) is 5.58. The smallest absolute Gasteiger partial charge is 0.165 e. The number of ketones is 1. The maximum Gasteiger partial charge on any atom is 0.165 e. The molecule has 0 fully saturated rings. The topological polar surface area (TPSA) is 44.1 Å². The number of benzene rings is 1. The van der Waals surface area contributed by atoms with Crippen LogP contribution in [0.4, 0.5) is 0 Å². The van der Waals surface area contributed by atoms with Crippen molar-refractivity contribution in [3.63, 3.8) is 0 Å². The summed E-state index contributed by atoms with van der Waals surface area (Å²) in [4.78, 5) is 12.0. The van der Waals surface area contributed by atoms with Crippen LogP contribution in [0.15, 0.2) is 18.2 Å². The second kappa shape index (κ2) is 5.49. The molecule has 0 aliphatic heterocycles. The molecule has 0 saturated heterocycles. The molecular weight excluding hydrogens is 252 g/mol. The Labute approximate surface area is 119 Å². The van der Waals surface area contributed by atoms with Crippen LogP contribution in [-0.2, 0) is 6.42 Å². The predicted molar refractivity (Wildman–Crippen MR) is 79.0 cm³/mol. The third kappa shape index (κ3) is 2.22. The minimum absolute atomic E-state index is 0.0250. The molecule has 1 aromatic carbocycles. The molecule has 1 aromatic heterocycles. The lowest BCUT2D eigenvalue weighted by atomic mass is 10.1. The highest BCUT2D eigenvalue weighted by Gasteiger charge is 2.19. The second-order valence-corrected chi connectivity index (χ2v) is 4.83. The Morgan fingerprint density at radius 3 is 2.55 bits per heavy atom. The first-order chi connectivity index (χ1) is 9.51. The van der Waals surface area contributed by atoms with E-state index >= 15 is 0 Å². The molecule has 2 rings (SSSR count). The molecule has 106 valence electrons. The van der Waals surface area contributed by atoms with Gasteiger partial charge in [0, 0.05) is 5.69 Å². The molecule has 0 amide bonds. The number of ether oxygens (including phenoxy) is 1. The van der Waals surface area contributed by atoms with E-state index in [1.807, 2.05) is 30.7 Å². The normalized spacial score (nSPS) is 10.7. The Morgan fingerprint density at radius 1 is 1.35 bits per heavy atom. The first-order valence-corrected chi connectivity index (χ1v) is 6.74. The van der Waals surface area contributed by atoms with Crippen molar-refractivity contribution in [3.05, 3.63) is 40.7 Å². The number of aryl methyl sites for hydroxylation is 1. The maximum atomic E-state index is 12.0. The monoisotopic (exact) mass is 272 g/mol. The van der Waals surface area contributed by atoms with E-state index in [0.717, 1.165) is 23.5 Å². The van der Waals surface area contributed by atoms with Crippen LogP contribution in [0.25, 0.3) is 5.69 Å². The van der Waals surface area contributed by atoms with Crippen LogP contribution in [0.2, 0.25) is 0 Å². The fraction of sp³-hybridized carbons (Fsp3) is 0.375. The van der Waals surface area contributed by atoms with Crippen molar-refractivity contribution in [2.45, 2.75) is 34.1 Å². The average Bonchev–Trinajstić information content (AvgIpc) is 2.72. The summed E-state index contributed by atoms with van der Waals surface area (Å²) < 4.78 is 7.15. The Kier molecular flexibility index (Phi) is 3.93. The minimum Gasteiger partial charge on any atom is -0.496 e. The van der Waals surface area contributed by atoms with Gasteiger partial charge < -0.3 is 4.74 Å². The number of hydrogen-bond acceptors (Lipinski definition) is 3. The highest BCUT2D eigenvalue weighted by molar-refractivity contribution is 6.00. The number of carbonyl (C=O) groups is 1. The fourth-order valence-electron chi connectivity index (χ4n) is 2.64. The van der Waals surface area contributed by atoms with Gasteiger partial charge >= 0.3 is 0 Å². The molecule has 4 nitrogen and oxygen atoms in total. The van der Waals surface area contributed by atoms with Crippen LogP contribution >= 0.6 is 0 Å². The Balaban J connectivity index is 2.73. The number of aromatic nitrogens is 2. The molecule has 0 aliphatic carbocycles. The van der Waals surface area contributed by atoms with E-state index in [-0.39, 0.29) is 5.78 Å². The lowest BCUT2D eigenvalue weighted by Gasteiger charge is -2.13. The highest BCUT2D eigenvalue weighted by atomic mass is 16.5. The van der Waals surface area contributed by atoms with E-state index in [0.29, 0.717) is 11.3 Å². The van der Waals surface area contributed by atoms with Crippen LogP contribution in [-0.4, -0.2) is 22.7 Å². The van der Waals surface area contributed by atoms with E-state index in [1.165, 1.54) is 5.56 Å². The van der Waals surface area contributed by atoms with Crippen molar-refractivity contribution < 1.29 is 9.53 Å². The average molecular weight is 272 g/mol. The van der Waals surface area contributed by atoms with Gasteiger partial charge in [-0.2, -0.15) is 5.10 Å². The van der Waals surface area contributed by atoms with Crippen LogP contribution in [0.1, 0.15) is 41.2 Å². The SMILES string of the molecule is CCc1c(C)nn(-c2cccc(OC)c2C(C)=O)c1C. The molecule has 20 heavy (non-hydrogen) atoms. The number of carbonyl (C=O) groups excluding carboxylic acids is 1. The van der Waals surface area contributed by atoms with Crippen molar-refractivity contribution in [2.24, 2.45) is 0 Å². The summed E-state index contributed by atoms with van der Waals surface area (Å²) in [7, 11) is 1.57. The number of rotatable bonds is 4. The molecule has 4 heteroatoms. The largest absolute Gasteiger partial charge is 0.496 e. The molecule has 0 atom stereocenters. The van der Waals surface area contributed by atoms with Gasteiger partial charge in [0.05, 0.1) is 24.1 Å². The van der Waals surface area contributed by atoms with E-state index in [2.05, 4.69) is 12.0 Å². The molecule has 0 bridgehead atoms. The quantitative estimate of drug-likeness (QED) is 0.802. The molecule has 0 saturated carbocycles. The van der Waals surface area contributed by atoms with Gasteiger partial charge in [0.25, 0.3) is 0 Å². The third-order valence-corrected chi connectivity index (χ3v) is 3.60. The highest BCUT2D eigenvalue weighted by Crippen LogP contribution is 2.28. The molecule has 1 heterocycles. The van der Waals surface area contributed by atoms with Gasteiger partial charge in [-0.05, 0) is 44.9 Å². The lowest BCUT2D eigenvalue weighted by molar-refractivity contribution is 0.101. The fourth-order valence-corrected chi connectivity index (χ4v) is 2.64. The van der Waals surface area contributed by atoms with Gasteiger partial charge in [-0.25, -0.2) is 4.68 Å². The molecule has 2 aromatic rings. The zero-order valence-electron chi connectivity index (χ0n) is 12.7. The predicted octanol–water partition coefficient (Wildman–Crippen LogP) is 3.26. The third-order valence-electron chi connectivity index (χ3n) is 3.60. The van der Waals surface area contributed by atoms with E-state index in [9.17, 15) is 4.79 Å². The summed E-state index contributed by atoms with van der Waals surface area (Å²) in [5.74, 6) is 0.559. The lowest BCUT2D eigenvalue weighted by Crippen LogP contribution is -2.08. The van der Waals surface area contributed by atoms with Crippen LogP contribution in [0.3, 0.4) is 0 Å². The van der Waals surface area contributed by atoms with Gasteiger partial charge in [0.1, 0.15) is 5.75 Å². The van der Waals surface area contributed by atoms with Crippen LogP contribution in [0, 0.1) is 13.8 Å². The minimum atomic E-state index is -0.0250. The molecular formula is C16H20N2O2. The van der Waals surface area contributed by atoms with Gasteiger partial charge in [0.15, 0.2) is 5.78 Å². The molecule has 0 N–H and O–H groups in total. The van der Waals surface area contributed by atoms with Gasteiger partial charge in [-0.15, -0.1) is 0 Å². The summed E-state index contributed by atoms with van der Waals surface area (Å²) in [5.41, 5.74) is 4.64. The van der Waals surface area contributed by atoms with Crippen molar-refractivity contribution in [1.29, 1.82) is 0 Å². The zero-order valence-corrected chi connectivity index (χ0v) is 12.7. The van der Waals surface area contributed by atoms with E-state index < -0.39 is 0 Å². The van der Waals surface area contributed by atoms with Gasteiger partial charge in [0.2, 0.25) is 0 Å². The first kappa shape index (κ1) is 14.3. The summed E-state index contributed by atoms with van der Waals surface area (Å²) >= 11 is 0. The molecule has 0 aliphatic rings. The Bertz CT molecular complexity index is 657. The van der Waals surface area contributed by atoms with Crippen LogP contribution < -0.4 is 4.74 Å². The second-order valence-electron chi connectivity index (χ2n) is 4.83. The van der Waals surface area contributed by atoms with Crippen molar-refractivity contribution in [1.82, 2.24) is 9.78 Å². The summed E-state index contributed by atoms with van der Waals surface area (Å²) in [5, 5.41) is 4.58. The number of hydrogen-bond donors (Lipinski definition) is 0. The number of Topliss-reactive ketones (excluding diaryl/α,β-unsaturated/α-hetero) is 1. The van der Waals surface area contributed by atoms with Crippen molar-refractivity contribution in [2.75, 3.05) is 7.11 Å². The molecule has 0 spiro atoms. The Hall–Kier alpha value is -2.10. The number of methoxy groups -OCH3 is 1. The maximum absolute atomic E-state index is 12.0. The van der Waals surface area contributed by atoms with E-state index in [4.69, 9.17) is 4.74 Å². The Morgan fingerprint density at radius 2 is 2.05 bits per heavy atom. The molecule has 0 unspecified atom stereocenters. The summed E-state index contributed by atoms with van der Waals surface area (Å²) in [6.07, 6.45) is 0.928. The molecule has 0 radical (unpaired) electrons. The van der Waals surface area contributed by atoms with Gasteiger partial charge in [-0.1, -0.05) is 13.0 Å². The summed E-state index contributed by atoms with van der Waals surface area (Å²) in [6.45, 7) is 7.69. The standard InChI is InChI=1S/C16H20N2O2/c1-6-13-10(2)17-18(11(13)3)14-8-7-9-15(20-5)16(14)12(4)19/h7-9H,6H2,1-5H3. The van der Waals surface area contributed by atoms with Crippen LogP contribution in [0.5, 0.6) is 5.75 Å². The van der Waals surface area contributed by atoms with Gasteiger partial charge in [-0.3, -0.25) is 4.79 Å². The van der Waals surface area contributed by atoms with Crippen molar-refractivity contribution in [3.8, 4) is 11.4 Å².